The third-order valence-corrected chi connectivity index (χ3v) is 2.83. The summed E-state index contributed by atoms with van der Waals surface area (Å²) in [7, 11) is 0. The van der Waals surface area contributed by atoms with Gasteiger partial charge in [0.1, 0.15) is 0 Å². The predicted octanol–water partition coefficient (Wildman–Crippen LogP) is 0.0188. The number of aromatic nitrogens is 3. The molecule has 2 N–H and O–H groups in total. The molecule has 0 radical (unpaired) electrons. The standard InChI is InChI=1S/C10H17N5O/c1-2-5-15(8-3-4-11-6-8)10(16)9-7-12-14-13-9/h7-8,11H,2-6H2,1H3,(H,12,13,14). The van der Waals surface area contributed by atoms with Gasteiger partial charge in [0.25, 0.3) is 5.91 Å². The topological polar surface area (TPSA) is 73.9 Å². The number of amides is 1. The Morgan fingerprint density at radius 2 is 2.56 bits per heavy atom. The molecule has 6 heteroatoms. The van der Waals surface area contributed by atoms with Crippen LogP contribution in [0, 0.1) is 0 Å². The Morgan fingerprint density at radius 3 is 3.12 bits per heavy atom. The summed E-state index contributed by atoms with van der Waals surface area (Å²) in [5, 5.41) is 13.3. The van der Waals surface area contributed by atoms with E-state index >= 15 is 0 Å². The summed E-state index contributed by atoms with van der Waals surface area (Å²) in [6, 6.07) is 0.296. The normalized spacial score (nSPS) is 19.9. The van der Waals surface area contributed by atoms with E-state index in [1.165, 1.54) is 6.20 Å². The van der Waals surface area contributed by atoms with Crippen molar-refractivity contribution in [3.05, 3.63) is 11.9 Å². The number of rotatable bonds is 4. The first-order chi connectivity index (χ1) is 7.83. The lowest BCUT2D eigenvalue weighted by Crippen LogP contribution is -2.42. The predicted molar refractivity (Wildman–Crippen MR) is 59.0 cm³/mol. The molecule has 0 spiro atoms. The van der Waals surface area contributed by atoms with Crippen LogP contribution >= 0.6 is 0 Å². The molecule has 1 unspecified atom stereocenters. The molecule has 2 heterocycles. The summed E-state index contributed by atoms with van der Waals surface area (Å²) in [6.07, 6.45) is 3.46. The SMILES string of the molecule is CCCN(C(=O)c1cn[nH]n1)C1CCNC1. The van der Waals surface area contributed by atoms with Gasteiger partial charge in [-0.3, -0.25) is 4.79 Å². The molecule has 0 aromatic carbocycles. The van der Waals surface area contributed by atoms with Gasteiger partial charge in [-0.05, 0) is 19.4 Å². The molecule has 0 aliphatic carbocycles. The molecule has 1 aromatic heterocycles. The maximum absolute atomic E-state index is 12.2. The zero-order valence-electron chi connectivity index (χ0n) is 9.44. The quantitative estimate of drug-likeness (QED) is 0.754. The average Bonchev–Trinajstić information content (AvgIpc) is 2.96. The Morgan fingerprint density at radius 1 is 1.69 bits per heavy atom. The van der Waals surface area contributed by atoms with Crippen LogP contribution in [0.15, 0.2) is 6.20 Å². The van der Waals surface area contributed by atoms with Crippen molar-refractivity contribution in [2.75, 3.05) is 19.6 Å². The van der Waals surface area contributed by atoms with Crippen LogP contribution in [0.2, 0.25) is 0 Å². The summed E-state index contributed by atoms with van der Waals surface area (Å²) < 4.78 is 0. The van der Waals surface area contributed by atoms with E-state index in [4.69, 9.17) is 0 Å². The molecule has 1 atom stereocenters. The van der Waals surface area contributed by atoms with E-state index < -0.39 is 0 Å². The van der Waals surface area contributed by atoms with E-state index in [2.05, 4.69) is 27.7 Å². The summed E-state index contributed by atoms with van der Waals surface area (Å²) in [5.74, 6) is -0.0238. The van der Waals surface area contributed by atoms with Crippen molar-refractivity contribution in [1.82, 2.24) is 25.6 Å². The monoisotopic (exact) mass is 223 g/mol. The van der Waals surface area contributed by atoms with Gasteiger partial charge in [0.2, 0.25) is 0 Å². The molecule has 88 valence electrons. The van der Waals surface area contributed by atoms with Crippen LogP contribution in [0.1, 0.15) is 30.3 Å². The molecular weight excluding hydrogens is 206 g/mol. The van der Waals surface area contributed by atoms with Crippen LogP contribution in [0.3, 0.4) is 0 Å². The minimum atomic E-state index is -0.0238. The van der Waals surface area contributed by atoms with E-state index in [-0.39, 0.29) is 5.91 Å². The Balaban J connectivity index is 2.09. The molecule has 1 saturated heterocycles. The second kappa shape index (κ2) is 5.07. The molecule has 1 aliphatic heterocycles. The largest absolute Gasteiger partial charge is 0.333 e. The second-order valence-corrected chi connectivity index (χ2v) is 4.00. The number of nitrogens with zero attached hydrogens (tertiary/aromatic N) is 3. The van der Waals surface area contributed by atoms with Crippen molar-refractivity contribution >= 4 is 5.91 Å². The van der Waals surface area contributed by atoms with E-state index in [1.807, 2.05) is 4.90 Å². The van der Waals surface area contributed by atoms with Gasteiger partial charge in [-0.15, -0.1) is 0 Å². The van der Waals surface area contributed by atoms with Crippen molar-refractivity contribution in [2.24, 2.45) is 0 Å². The fourth-order valence-corrected chi connectivity index (χ4v) is 2.05. The molecule has 1 aliphatic rings. The van der Waals surface area contributed by atoms with Crippen molar-refractivity contribution in [3.8, 4) is 0 Å². The highest BCUT2D eigenvalue weighted by Crippen LogP contribution is 2.12. The van der Waals surface area contributed by atoms with E-state index in [0.717, 1.165) is 32.5 Å². The van der Waals surface area contributed by atoms with Crippen LogP contribution in [-0.2, 0) is 0 Å². The summed E-state index contributed by atoms with van der Waals surface area (Å²) >= 11 is 0. The molecule has 1 aromatic rings. The summed E-state index contributed by atoms with van der Waals surface area (Å²) in [6.45, 7) is 4.71. The zero-order chi connectivity index (χ0) is 11.4. The lowest BCUT2D eigenvalue weighted by molar-refractivity contribution is 0.0686. The molecule has 0 saturated carbocycles. The van der Waals surface area contributed by atoms with Gasteiger partial charge in [0, 0.05) is 19.1 Å². The average molecular weight is 223 g/mol. The van der Waals surface area contributed by atoms with E-state index in [9.17, 15) is 4.79 Å². The molecule has 16 heavy (non-hydrogen) atoms. The number of aromatic amines is 1. The first-order valence-electron chi connectivity index (χ1n) is 5.70. The van der Waals surface area contributed by atoms with Crippen LogP contribution in [0.5, 0.6) is 0 Å². The Kier molecular flexibility index (Phi) is 3.51. The highest BCUT2D eigenvalue weighted by atomic mass is 16.2. The van der Waals surface area contributed by atoms with Gasteiger partial charge < -0.3 is 10.2 Å². The van der Waals surface area contributed by atoms with Gasteiger partial charge in [0.15, 0.2) is 5.69 Å². The van der Waals surface area contributed by atoms with Crippen LogP contribution < -0.4 is 5.32 Å². The fourth-order valence-electron chi connectivity index (χ4n) is 2.05. The molecule has 1 fully saturated rings. The maximum Gasteiger partial charge on any atom is 0.276 e. The number of nitrogens with one attached hydrogen (secondary N) is 2. The van der Waals surface area contributed by atoms with Gasteiger partial charge in [0.05, 0.1) is 6.20 Å². The number of carbonyl (C=O) groups excluding carboxylic acids is 1. The lowest BCUT2D eigenvalue weighted by Gasteiger charge is -2.27. The van der Waals surface area contributed by atoms with Crippen molar-refractivity contribution < 1.29 is 4.79 Å². The van der Waals surface area contributed by atoms with Crippen molar-refractivity contribution in [2.45, 2.75) is 25.8 Å². The summed E-state index contributed by atoms with van der Waals surface area (Å²) in [4.78, 5) is 14.1. The van der Waals surface area contributed by atoms with Crippen molar-refractivity contribution in [3.63, 3.8) is 0 Å². The van der Waals surface area contributed by atoms with E-state index in [1.54, 1.807) is 0 Å². The Labute approximate surface area is 94.4 Å². The first-order valence-corrected chi connectivity index (χ1v) is 5.70. The molecule has 6 nitrogen and oxygen atoms in total. The first kappa shape index (κ1) is 11.1. The number of hydrogen-bond acceptors (Lipinski definition) is 4. The Hall–Kier alpha value is -1.43. The molecular formula is C10H17N5O. The molecule has 2 rings (SSSR count). The highest BCUT2D eigenvalue weighted by Gasteiger charge is 2.27. The van der Waals surface area contributed by atoms with Gasteiger partial charge in [-0.2, -0.15) is 15.4 Å². The number of H-pyrrole nitrogens is 1. The third kappa shape index (κ3) is 2.21. The fraction of sp³-hybridized carbons (Fsp3) is 0.700. The summed E-state index contributed by atoms with van der Waals surface area (Å²) in [5.41, 5.74) is 0.403. The molecule has 0 bridgehead atoms. The second-order valence-electron chi connectivity index (χ2n) is 4.00. The van der Waals surface area contributed by atoms with Gasteiger partial charge in [-0.1, -0.05) is 6.92 Å². The third-order valence-electron chi connectivity index (χ3n) is 2.83. The Bertz CT molecular complexity index is 331. The van der Waals surface area contributed by atoms with E-state index in [0.29, 0.717) is 11.7 Å². The van der Waals surface area contributed by atoms with Gasteiger partial charge >= 0.3 is 0 Å². The van der Waals surface area contributed by atoms with Crippen LogP contribution in [-0.4, -0.2) is 51.9 Å². The number of carbonyl (C=O) groups is 1. The zero-order valence-corrected chi connectivity index (χ0v) is 9.44. The minimum Gasteiger partial charge on any atom is -0.333 e. The number of hydrogen-bond donors (Lipinski definition) is 2. The highest BCUT2D eigenvalue weighted by molar-refractivity contribution is 5.92. The molecule has 1 amide bonds. The van der Waals surface area contributed by atoms with Crippen LogP contribution in [0.25, 0.3) is 0 Å². The smallest absolute Gasteiger partial charge is 0.276 e. The van der Waals surface area contributed by atoms with Crippen molar-refractivity contribution in [1.29, 1.82) is 0 Å². The lowest BCUT2D eigenvalue weighted by atomic mass is 10.2. The van der Waals surface area contributed by atoms with Crippen LogP contribution in [0.4, 0.5) is 0 Å². The maximum atomic E-state index is 12.2. The minimum absolute atomic E-state index is 0.0238. The van der Waals surface area contributed by atoms with Gasteiger partial charge in [-0.25, -0.2) is 0 Å².